The Morgan fingerprint density at radius 2 is 0.813 bits per heavy atom. The number of hydrogen-bond acceptors (Lipinski definition) is 15. The first-order valence-corrected chi connectivity index (χ1v) is 30.0. The summed E-state index contributed by atoms with van der Waals surface area (Å²) in [5, 5.41) is 0. The summed E-state index contributed by atoms with van der Waals surface area (Å²) in [5.41, 5.74) is 0. The number of carbonyl (C=O) groups is 7. The standard InChI is InChI=1S/C59H104N2O14/c1-6-10-14-18-22-26-32-53(62)69-43-48(44-70-54(63)33-27-23-19-15-11-7-2)39-57(66)73-47-50-41-52(42-61(50)59(68)75-51-31-30-37-60(5)38-36-51)74-58(67)40-49(45-71-55(64)34-28-24-20-16-12-8-3)46-72-56(65)35-29-25-21-17-13-9-4/h48-52H,6-47H2,1-5H3/t50-,51?,52+/m0/s1. The van der Waals surface area contributed by atoms with Gasteiger partial charge in [0.05, 0.1) is 51.9 Å². The first-order valence-electron chi connectivity index (χ1n) is 30.0. The molecule has 3 atom stereocenters. The molecule has 0 saturated carbocycles. The van der Waals surface area contributed by atoms with Crippen LogP contribution in [-0.2, 0) is 61.9 Å². The molecule has 16 heteroatoms. The van der Waals surface area contributed by atoms with Gasteiger partial charge in [0, 0.05) is 50.5 Å². The van der Waals surface area contributed by atoms with E-state index in [2.05, 4.69) is 32.6 Å². The number of carbonyl (C=O) groups excluding carboxylic acids is 7. The van der Waals surface area contributed by atoms with Crippen molar-refractivity contribution in [2.75, 3.05) is 59.7 Å². The van der Waals surface area contributed by atoms with Gasteiger partial charge in [0.15, 0.2) is 0 Å². The van der Waals surface area contributed by atoms with Gasteiger partial charge in [-0.3, -0.25) is 33.7 Å². The molecule has 0 aromatic heterocycles. The van der Waals surface area contributed by atoms with Gasteiger partial charge in [0.25, 0.3) is 0 Å². The maximum absolute atomic E-state index is 13.9. The minimum Gasteiger partial charge on any atom is -0.465 e. The zero-order valence-electron chi connectivity index (χ0n) is 47.7. The maximum atomic E-state index is 13.9. The molecular formula is C59H104N2O14. The maximum Gasteiger partial charge on any atom is 0.410 e. The van der Waals surface area contributed by atoms with Gasteiger partial charge in [0.1, 0.15) is 18.8 Å². The van der Waals surface area contributed by atoms with E-state index < -0.39 is 42.0 Å². The molecule has 0 N–H and O–H groups in total. The first kappa shape index (κ1) is 67.2. The smallest absolute Gasteiger partial charge is 0.410 e. The molecule has 2 rings (SSSR count). The summed E-state index contributed by atoms with van der Waals surface area (Å²) in [4.78, 5) is 95.8. The van der Waals surface area contributed by atoms with Crippen molar-refractivity contribution in [1.82, 2.24) is 9.80 Å². The van der Waals surface area contributed by atoms with Gasteiger partial charge in [-0.2, -0.15) is 0 Å². The van der Waals surface area contributed by atoms with E-state index in [9.17, 15) is 33.6 Å². The van der Waals surface area contributed by atoms with E-state index in [-0.39, 0.29) is 115 Å². The van der Waals surface area contributed by atoms with Gasteiger partial charge in [-0.1, -0.05) is 156 Å². The molecule has 0 aliphatic carbocycles. The van der Waals surface area contributed by atoms with Gasteiger partial charge in [-0.25, -0.2) is 4.79 Å². The van der Waals surface area contributed by atoms with Crippen LogP contribution < -0.4 is 0 Å². The van der Waals surface area contributed by atoms with Crippen LogP contribution in [0.4, 0.5) is 4.79 Å². The zero-order valence-corrected chi connectivity index (χ0v) is 47.7. The second-order valence-corrected chi connectivity index (χ2v) is 21.5. The summed E-state index contributed by atoms with van der Waals surface area (Å²) in [6, 6.07) is -0.696. The first-order chi connectivity index (χ1) is 36.4. The summed E-state index contributed by atoms with van der Waals surface area (Å²) >= 11 is 0. The molecule has 2 aliphatic rings. The molecule has 1 unspecified atom stereocenters. The molecule has 434 valence electrons. The SMILES string of the molecule is CCCCCCCCC(=O)OCC(COC(=O)CCCCCCCC)CC(=O)OC[C@@H]1C[C@@H](OC(=O)CC(COC(=O)CCCCCCCC)COC(=O)CCCCCCCC)CN1C(=O)OC1CCCN(C)CC1. The van der Waals surface area contributed by atoms with Gasteiger partial charge in [-0.15, -0.1) is 0 Å². The van der Waals surface area contributed by atoms with Crippen LogP contribution in [0.5, 0.6) is 0 Å². The molecule has 2 aliphatic heterocycles. The van der Waals surface area contributed by atoms with Crippen LogP contribution in [0, 0.1) is 11.8 Å². The van der Waals surface area contributed by atoms with Crippen molar-refractivity contribution in [3.63, 3.8) is 0 Å². The lowest BCUT2D eigenvalue weighted by atomic mass is 10.1. The van der Waals surface area contributed by atoms with Crippen molar-refractivity contribution < 1.29 is 66.7 Å². The number of hydrogen-bond donors (Lipinski definition) is 0. The van der Waals surface area contributed by atoms with Gasteiger partial charge in [0.2, 0.25) is 0 Å². The average molecular weight is 1070 g/mol. The molecule has 0 aromatic carbocycles. The van der Waals surface area contributed by atoms with Crippen molar-refractivity contribution in [3.05, 3.63) is 0 Å². The van der Waals surface area contributed by atoms with Crippen LogP contribution in [0.3, 0.4) is 0 Å². The summed E-state index contributed by atoms with van der Waals surface area (Å²) in [6.45, 7) is 9.58. The van der Waals surface area contributed by atoms with Crippen LogP contribution >= 0.6 is 0 Å². The Morgan fingerprint density at radius 3 is 1.23 bits per heavy atom. The molecule has 75 heavy (non-hydrogen) atoms. The minimum atomic E-state index is -0.773. The monoisotopic (exact) mass is 1060 g/mol. The highest BCUT2D eigenvalue weighted by Crippen LogP contribution is 2.26. The van der Waals surface area contributed by atoms with Crippen molar-refractivity contribution >= 4 is 41.9 Å². The lowest BCUT2D eigenvalue weighted by Gasteiger charge is -2.26. The van der Waals surface area contributed by atoms with E-state index >= 15 is 0 Å². The van der Waals surface area contributed by atoms with E-state index in [1.807, 2.05) is 7.05 Å². The molecule has 1 amide bonds. The van der Waals surface area contributed by atoms with Crippen LogP contribution in [0.15, 0.2) is 0 Å². The van der Waals surface area contributed by atoms with E-state index in [4.69, 9.17) is 33.2 Å². The summed E-state index contributed by atoms with van der Waals surface area (Å²) in [7, 11) is 2.03. The lowest BCUT2D eigenvalue weighted by molar-refractivity contribution is -0.157. The van der Waals surface area contributed by atoms with E-state index in [0.29, 0.717) is 38.5 Å². The molecule has 16 nitrogen and oxygen atoms in total. The highest BCUT2D eigenvalue weighted by atomic mass is 16.6. The number of esters is 6. The third kappa shape index (κ3) is 35.2. The Bertz CT molecular complexity index is 1500. The fraction of sp³-hybridized carbons (Fsp3) is 0.881. The Balaban J connectivity index is 2.14. The largest absolute Gasteiger partial charge is 0.465 e. The highest BCUT2D eigenvalue weighted by Gasteiger charge is 2.40. The quantitative estimate of drug-likeness (QED) is 0.0318. The third-order valence-electron chi connectivity index (χ3n) is 14.3. The Hall–Kier alpha value is -3.95. The summed E-state index contributed by atoms with van der Waals surface area (Å²) in [6.07, 6.45) is 25.8. The van der Waals surface area contributed by atoms with Crippen LogP contribution in [0.1, 0.15) is 246 Å². The zero-order chi connectivity index (χ0) is 54.7. The second kappa shape index (κ2) is 44.1. The van der Waals surface area contributed by atoms with Crippen LogP contribution in [0.2, 0.25) is 0 Å². The Kier molecular flexibility index (Phi) is 39.5. The topological polar surface area (TPSA) is 191 Å². The fourth-order valence-corrected chi connectivity index (χ4v) is 9.49. The lowest BCUT2D eigenvalue weighted by Crippen LogP contribution is -2.41. The van der Waals surface area contributed by atoms with Crippen molar-refractivity contribution in [2.24, 2.45) is 11.8 Å². The summed E-state index contributed by atoms with van der Waals surface area (Å²) < 4.78 is 40.3. The number of likely N-dealkylation sites (tertiary alicyclic amines) is 2. The average Bonchev–Trinajstić information content (AvgIpc) is 3.68. The van der Waals surface area contributed by atoms with E-state index in [1.165, 1.54) is 4.90 Å². The number of amides is 1. The highest BCUT2D eigenvalue weighted by molar-refractivity contribution is 5.73. The minimum absolute atomic E-state index is 0.00367. The molecule has 0 aromatic rings. The molecule has 2 fully saturated rings. The molecule has 0 radical (unpaired) electrons. The normalized spacial score (nSPS) is 16.9. The number of nitrogens with zero attached hydrogens (tertiary/aromatic N) is 2. The molecule has 0 spiro atoms. The van der Waals surface area contributed by atoms with Crippen LogP contribution in [-0.4, -0.2) is 130 Å². The number of ether oxygens (including phenoxy) is 7. The molecular weight excluding hydrogens is 961 g/mol. The van der Waals surface area contributed by atoms with E-state index in [1.54, 1.807) is 0 Å². The molecule has 0 bridgehead atoms. The van der Waals surface area contributed by atoms with Crippen LogP contribution in [0.25, 0.3) is 0 Å². The fourth-order valence-electron chi connectivity index (χ4n) is 9.49. The predicted octanol–water partition coefficient (Wildman–Crippen LogP) is 12.3. The molecule has 2 heterocycles. The van der Waals surface area contributed by atoms with Gasteiger partial charge >= 0.3 is 41.9 Å². The van der Waals surface area contributed by atoms with E-state index in [0.717, 1.165) is 148 Å². The second-order valence-electron chi connectivity index (χ2n) is 21.5. The van der Waals surface area contributed by atoms with Crippen molar-refractivity contribution in [3.8, 4) is 0 Å². The van der Waals surface area contributed by atoms with Gasteiger partial charge < -0.3 is 38.1 Å². The van der Waals surface area contributed by atoms with Crippen molar-refractivity contribution in [1.29, 1.82) is 0 Å². The van der Waals surface area contributed by atoms with Crippen molar-refractivity contribution in [2.45, 2.75) is 264 Å². The Morgan fingerprint density at radius 1 is 0.427 bits per heavy atom. The Labute approximate surface area is 452 Å². The third-order valence-corrected chi connectivity index (χ3v) is 14.3. The summed E-state index contributed by atoms with van der Waals surface area (Å²) in [5.74, 6) is -4.02. The number of unbranched alkanes of at least 4 members (excludes halogenated alkanes) is 20. The molecule has 2 saturated heterocycles. The number of rotatable bonds is 44. The van der Waals surface area contributed by atoms with Gasteiger partial charge in [-0.05, 0) is 58.5 Å². The predicted molar refractivity (Wildman–Crippen MR) is 290 cm³/mol.